The third-order valence-corrected chi connectivity index (χ3v) is 5.65. The molecule has 5 heteroatoms. The summed E-state index contributed by atoms with van der Waals surface area (Å²) < 4.78 is 0. The van der Waals surface area contributed by atoms with Gasteiger partial charge in [-0.1, -0.05) is 43.0 Å². The lowest BCUT2D eigenvalue weighted by atomic mass is 9.86. The zero-order chi connectivity index (χ0) is 17.6. The summed E-state index contributed by atoms with van der Waals surface area (Å²) in [5.74, 6) is 0.624. The molecule has 1 aromatic rings. The summed E-state index contributed by atoms with van der Waals surface area (Å²) in [5.41, 5.74) is 0.971. The highest BCUT2D eigenvalue weighted by molar-refractivity contribution is 6.30. The average molecular weight is 363 g/mol. The summed E-state index contributed by atoms with van der Waals surface area (Å²) in [5, 5.41) is 3.63. The van der Waals surface area contributed by atoms with Crippen LogP contribution in [0.15, 0.2) is 24.3 Å². The molecule has 2 fully saturated rings. The van der Waals surface area contributed by atoms with Crippen molar-refractivity contribution in [1.29, 1.82) is 0 Å². The van der Waals surface area contributed by atoms with Gasteiger partial charge in [-0.05, 0) is 49.3 Å². The average Bonchev–Trinajstić information content (AvgIpc) is 3.11. The minimum Gasteiger partial charge on any atom is -0.350 e. The van der Waals surface area contributed by atoms with E-state index in [9.17, 15) is 9.59 Å². The molecule has 1 heterocycles. The van der Waals surface area contributed by atoms with E-state index < -0.39 is 0 Å². The second-order valence-corrected chi connectivity index (χ2v) is 7.74. The van der Waals surface area contributed by atoms with Crippen LogP contribution in [0.5, 0.6) is 0 Å². The smallest absolute Gasteiger partial charge is 0.243 e. The van der Waals surface area contributed by atoms with Crippen LogP contribution in [-0.2, 0) is 16.1 Å². The molecule has 1 saturated carbocycles. The van der Waals surface area contributed by atoms with Gasteiger partial charge >= 0.3 is 0 Å². The quantitative estimate of drug-likeness (QED) is 0.863. The lowest BCUT2D eigenvalue weighted by Gasteiger charge is -2.27. The lowest BCUT2D eigenvalue weighted by molar-refractivity contribution is -0.139. The van der Waals surface area contributed by atoms with Crippen LogP contribution in [0.4, 0.5) is 0 Å². The van der Waals surface area contributed by atoms with E-state index in [1.54, 1.807) is 0 Å². The Balaban J connectivity index is 1.53. The maximum absolute atomic E-state index is 12.7. The number of nitrogens with zero attached hydrogens (tertiary/aromatic N) is 1. The van der Waals surface area contributed by atoms with Crippen LogP contribution in [0.25, 0.3) is 0 Å². The highest BCUT2D eigenvalue weighted by Gasteiger charge is 2.34. The topological polar surface area (TPSA) is 49.4 Å². The largest absolute Gasteiger partial charge is 0.350 e. The van der Waals surface area contributed by atoms with Gasteiger partial charge in [0, 0.05) is 24.5 Å². The van der Waals surface area contributed by atoms with E-state index in [0.717, 1.165) is 31.2 Å². The molecular weight excluding hydrogens is 336 g/mol. The highest BCUT2D eigenvalue weighted by atomic mass is 35.5. The van der Waals surface area contributed by atoms with Crippen LogP contribution in [0, 0.1) is 5.92 Å². The molecule has 1 atom stereocenters. The molecule has 1 saturated heterocycles. The molecular formula is C20H27ClN2O2. The summed E-state index contributed by atoms with van der Waals surface area (Å²) >= 11 is 5.98. The van der Waals surface area contributed by atoms with Gasteiger partial charge in [-0.2, -0.15) is 0 Å². The molecule has 3 rings (SSSR count). The number of benzene rings is 1. The molecule has 0 aromatic heterocycles. The monoisotopic (exact) mass is 362 g/mol. The van der Waals surface area contributed by atoms with Crippen molar-refractivity contribution < 1.29 is 9.59 Å². The van der Waals surface area contributed by atoms with Crippen LogP contribution in [0.2, 0.25) is 5.02 Å². The van der Waals surface area contributed by atoms with Gasteiger partial charge in [0.15, 0.2) is 0 Å². The lowest BCUT2D eigenvalue weighted by Crippen LogP contribution is -2.46. The van der Waals surface area contributed by atoms with Gasteiger partial charge in [-0.25, -0.2) is 0 Å². The minimum atomic E-state index is -0.310. The molecule has 1 aromatic carbocycles. The summed E-state index contributed by atoms with van der Waals surface area (Å²) in [4.78, 5) is 27.1. The van der Waals surface area contributed by atoms with Gasteiger partial charge in [0.1, 0.15) is 6.04 Å². The van der Waals surface area contributed by atoms with Crippen molar-refractivity contribution in [2.75, 3.05) is 6.54 Å². The Morgan fingerprint density at radius 3 is 2.68 bits per heavy atom. The normalized spacial score (nSPS) is 21.3. The third kappa shape index (κ3) is 4.97. The summed E-state index contributed by atoms with van der Waals surface area (Å²) in [7, 11) is 0. The Kier molecular flexibility index (Phi) is 6.35. The second kappa shape index (κ2) is 8.70. The van der Waals surface area contributed by atoms with Crippen molar-refractivity contribution in [3.63, 3.8) is 0 Å². The van der Waals surface area contributed by atoms with E-state index in [2.05, 4.69) is 5.32 Å². The van der Waals surface area contributed by atoms with Crippen LogP contribution in [-0.4, -0.2) is 29.3 Å². The first-order valence-electron chi connectivity index (χ1n) is 9.45. The number of rotatable bonds is 5. The Hall–Kier alpha value is -1.55. The first-order chi connectivity index (χ1) is 12.1. The maximum atomic E-state index is 12.7. The van der Waals surface area contributed by atoms with Crippen molar-refractivity contribution in [3.05, 3.63) is 34.9 Å². The third-order valence-electron chi connectivity index (χ3n) is 5.42. The molecule has 0 unspecified atom stereocenters. The number of hydrogen-bond acceptors (Lipinski definition) is 2. The summed E-state index contributed by atoms with van der Waals surface area (Å²) in [6.45, 7) is 1.15. The molecule has 0 radical (unpaired) electrons. The van der Waals surface area contributed by atoms with Gasteiger partial charge < -0.3 is 10.2 Å². The predicted octanol–water partition coefficient (Wildman–Crippen LogP) is 3.92. The van der Waals surface area contributed by atoms with Gasteiger partial charge in [0.25, 0.3) is 0 Å². The van der Waals surface area contributed by atoms with Gasteiger partial charge in [0.05, 0.1) is 0 Å². The van der Waals surface area contributed by atoms with Crippen molar-refractivity contribution in [1.82, 2.24) is 10.2 Å². The highest BCUT2D eigenvalue weighted by Crippen LogP contribution is 2.28. The Morgan fingerprint density at radius 1 is 1.12 bits per heavy atom. The number of carbonyl (C=O) groups excluding carboxylic acids is 2. The summed E-state index contributed by atoms with van der Waals surface area (Å²) in [6.07, 6.45) is 8.36. The fraction of sp³-hybridized carbons (Fsp3) is 0.600. The van der Waals surface area contributed by atoms with Crippen LogP contribution < -0.4 is 5.32 Å². The van der Waals surface area contributed by atoms with E-state index in [1.807, 2.05) is 29.2 Å². The molecule has 0 spiro atoms. The molecule has 2 aliphatic rings. The SMILES string of the molecule is O=C(NCc1cccc(Cl)c1)[C@@H]1CCCN1C(=O)CC1CCCCC1. The number of nitrogens with one attached hydrogen (secondary N) is 1. The first kappa shape index (κ1) is 18.2. The zero-order valence-corrected chi connectivity index (χ0v) is 15.4. The molecule has 2 amide bonds. The number of likely N-dealkylation sites (tertiary alicyclic amines) is 1. The van der Waals surface area contributed by atoms with E-state index in [1.165, 1.54) is 19.3 Å². The molecule has 1 N–H and O–H groups in total. The molecule has 25 heavy (non-hydrogen) atoms. The van der Waals surface area contributed by atoms with Crippen molar-refractivity contribution in [3.8, 4) is 0 Å². The number of hydrogen-bond donors (Lipinski definition) is 1. The Labute approximate surface area is 154 Å². The fourth-order valence-corrected chi connectivity index (χ4v) is 4.26. The standard InChI is InChI=1S/C20H27ClN2O2/c21-17-9-4-8-16(12-17)14-22-20(25)18-10-5-11-23(18)19(24)13-15-6-2-1-3-7-15/h4,8-9,12,15,18H,1-3,5-7,10-11,13-14H2,(H,22,25)/t18-/m0/s1. The molecule has 1 aliphatic carbocycles. The predicted molar refractivity (Wildman–Crippen MR) is 99.2 cm³/mol. The Morgan fingerprint density at radius 2 is 1.92 bits per heavy atom. The van der Waals surface area contributed by atoms with Gasteiger partial charge in [-0.15, -0.1) is 0 Å². The van der Waals surface area contributed by atoms with E-state index in [0.29, 0.717) is 30.5 Å². The molecule has 136 valence electrons. The van der Waals surface area contributed by atoms with Gasteiger partial charge in [0.2, 0.25) is 11.8 Å². The minimum absolute atomic E-state index is 0.0468. The van der Waals surface area contributed by atoms with Crippen LogP contribution >= 0.6 is 11.6 Å². The second-order valence-electron chi connectivity index (χ2n) is 7.30. The number of carbonyl (C=O) groups is 2. The number of halogens is 1. The van der Waals surface area contributed by atoms with Crippen LogP contribution in [0.3, 0.4) is 0 Å². The van der Waals surface area contributed by atoms with Crippen LogP contribution in [0.1, 0.15) is 56.9 Å². The van der Waals surface area contributed by atoms with E-state index >= 15 is 0 Å². The summed E-state index contributed by atoms with van der Waals surface area (Å²) in [6, 6.07) is 7.17. The molecule has 1 aliphatic heterocycles. The van der Waals surface area contributed by atoms with Gasteiger partial charge in [-0.3, -0.25) is 9.59 Å². The fourth-order valence-electron chi connectivity index (χ4n) is 4.05. The Bertz CT molecular complexity index is 613. The van der Waals surface area contributed by atoms with E-state index in [-0.39, 0.29) is 17.9 Å². The van der Waals surface area contributed by atoms with Crippen molar-refractivity contribution in [2.45, 2.75) is 64.0 Å². The van der Waals surface area contributed by atoms with Crippen molar-refractivity contribution >= 4 is 23.4 Å². The zero-order valence-electron chi connectivity index (χ0n) is 14.7. The van der Waals surface area contributed by atoms with Crippen molar-refractivity contribution in [2.24, 2.45) is 5.92 Å². The molecule has 0 bridgehead atoms. The molecule has 4 nitrogen and oxygen atoms in total. The first-order valence-corrected chi connectivity index (χ1v) is 9.83. The maximum Gasteiger partial charge on any atom is 0.243 e. The van der Waals surface area contributed by atoms with E-state index in [4.69, 9.17) is 11.6 Å². The number of amides is 2.